The average molecular weight is 383 g/mol. The number of halogens is 1. The highest BCUT2D eigenvalue weighted by Gasteiger charge is 2.23. The summed E-state index contributed by atoms with van der Waals surface area (Å²) in [6, 6.07) is 4.85. The number of amides is 3. The lowest BCUT2D eigenvalue weighted by Gasteiger charge is -2.31. The molecule has 8 heteroatoms. The Hall–Kier alpha value is -1.99. The van der Waals surface area contributed by atoms with Gasteiger partial charge in [-0.3, -0.25) is 4.79 Å². The quantitative estimate of drug-likeness (QED) is 0.643. The third-order valence-corrected chi connectivity index (χ3v) is 4.57. The lowest BCUT2D eigenvalue weighted by molar-refractivity contribution is -0.123. The van der Waals surface area contributed by atoms with Gasteiger partial charge in [-0.05, 0) is 44.0 Å². The molecule has 7 nitrogen and oxygen atoms in total. The van der Waals surface area contributed by atoms with Crippen molar-refractivity contribution in [2.24, 2.45) is 11.7 Å². The molecular weight excluding hydrogens is 356 g/mol. The van der Waals surface area contributed by atoms with Crippen LogP contribution in [0.15, 0.2) is 18.2 Å². The number of ether oxygens (including phenoxy) is 1. The summed E-state index contributed by atoms with van der Waals surface area (Å²) in [6.07, 6.45) is 2.69. The molecular formula is C18H27ClN4O3. The van der Waals surface area contributed by atoms with Gasteiger partial charge in [0.2, 0.25) is 5.91 Å². The standard InChI is InChI=1S/C18H27ClN4O3/c1-2-10-26-16-6-5-14(11-15(16)19)22-18(25)21-7-9-23-8-3-4-13(12-23)17(20)24/h5-6,11,13H,2-4,7-10,12H2,1H3,(H2,20,24)(H2,21,22,25)/t13-/m0/s1. The summed E-state index contributed by atoms with van der Waals surface area (Å²) in [5.74, 6) is 0.269. The Kier molecular flexibility index (Phi) is 8.00. The van der Waals surface area contributed by atoms with Crippen LogP contribution in [0.25, 0.3) is 0 Å². The summed E-state index contributed by atoms with van der Waals surface area (Å²) in [4.78, 5) is 25.4. The number of hydrogen-bond acceptors (Lipinski definition) is 4. The number of nitrogens with zero attached hydrogens (tertiary/aromatic N) is 1. The van der Waals surface area contributed by atoms with Crippen molar-refractivity contribution in [3.8, 4) is 5.75 Å². The normalized spacial score (nSPS) is 17.5. The van der Waals surface area contributed by atoms with Gasteiger partial charge in [-0.1, -0.05) is 18.5 Å². The Morgan fingerprint density at radius 2 is 2.23 bits per heavy atom. The highest BCUT2D eigenvalue weighted by Crippen LogP contribution is 2.27. The van der Waals surface area contributed by atoms with Gasteiger partial charge in [0, 0.05) is 25.3 Å². The third-order valence-electron chi connectivity index (χ3n) is 4.27. The highest BCUT2D eigenvalue weighted by atomic mass is 35.5. The fourth-order valence-corrected chi connectivity index (χ4v) is 3.14. The zero-order valence-electron chi connectivity index (χ0n) is 15.1. The molecule has 0 unspecified atom stereocenters. The molecule has 1 atom stereocenters. The number of nitrogens with two attached hydrogens (primary N) is 1. The number of rotatable bonds is 8. The second-order valence-corrected chi connectivity index (χ2v) is 6.82. The minimum atomic E-state index is -0.299. The van der Waals surface area contributed by atoms with Gasteiger partial charge in [-0.15, -0.1) is 0 Å². The van der Waals surface area contributed by atoms with Gasteiger partial charge in [0.1, 0.15) is 5.75 Å². The van der Waals surface area contributed by atoms with Gasteiger partial charge >= 0.3 is 6.03 Å². The first-order chi connectivity index (χ1) is 12.5. The molecule has 0 bridgehead atoms. The van der Waals surface area contributed by atoms with E-state index in [4.69, 9.17) is 22.1 Å². The number of carbonyl (C=O) groups excluding carboxylic acids is 2. The molecule has 144 valence electrons. The monoisotopic (exact) mass is 382 g/mol. The van der Waals surface area contributed by atoms with Crippen LogP contribution in [0, 0.1) is 5.92 Å². The lowest BCUT2D eigenvalue weighted by Crippen LogP contribution is -2.44. The zero-order valence-corrected chi connectivity index (χ0v) is 15.8. The van der Waals surface area contributed by atoms with E-state index in [0.29, 0.717) is 42.7 Å². The Morgan fingerprint density at radius 3 is 2.92 bits per heavy atom. The van der Waals surface area contributed by atoms with Gasteiger partial charge in [0.15, 0.2) is 0 Å². The highest BCUT2D eigenvalue weighted by molar-refractivity contribution is 6.32. The SMILES string of the molecule is CCCOc1ccc(NC(=O)NCCN2CCC[C@H](C(N)=O)C2)cc1Cl. The van der Waals surface area contributed by atoms with Crippen LogP contribution in [0.2, 0.25) is 5.02 Å². The largest absolute Gasteiger partial charge is 0.492 e. The van der Waals surface area contributed by atoms with Gasteiger partial charge in [0.25, 0.3) is 0 Å². The topological polar surface area (TPSA) is 96.7 Å². The molecule has 0 spiro atoms. The zero-order chi connectivity index (χ0) is 18.9. The maximum atomic E-state index is 12.0. The fourth-order valence-electron chi connectivity index (χ4n) is 2.90. The molecule has 4 N–H and O–H groups in total. The summed E-state index contributed by atoms with van der Waals surface area (Å²) in [5.41, 5.74) is 5.98. The Bertz CT molecular complexity index is 626. The van der Waals surface area contributed by atoms with Gasteiger partial charge in [-0.2, -0.15) is 0 Å². The maximum absolute atomic E-state index is 12.0. The molecule has 2 rings (SSSR count). The van der Waals surface area contributed by atoms with Crippen molar-refractivity contribution in [3.63, 3.8) is 0 Å². The summed E-state index contributed by atoms with van der Waals surface area (Å²) in [6.45, 7) is 5.37. The Labute approximate surface area is 159 Å². The molecule has 1 aliphatic heterocycles. The second kappa shape index (κ2) is 10.2. The Morgan fingerprint density at radius 1 is 1.42 bits per heavy atom. The molecule has 26 heavy (non-hydrogen) atoms. The minimum Gasteiger partial charge on any atom is -0.492 e. The van der Waals surface area contributed by atoms with E-state index < -0.39 is 0 Å². The molecule has 0 aliphatic carbocycles. The van der Waals surface area contributed by atoms with Crippen LogP contribution < -0.4 is 21.1 Å². The van der Waals surface area contributed by atoms with Crippen molar-refractivity contribution in [3.05, 3.63) is 23.2 Å². The van der Waals surface area contributed by atoms with Gasteiger partial charge < -0.3 is 26.0 Å². The predicted molar refractivity (Wildman–Crippen MR) is 103 cm³/mol. The van der Waals surface area contributed by atoms with Crippen molar-refractivity contribution in [2.75, 3.05) is 38.1 Å². The number of primary amides is 1. The van der Waals surface area contributed by atoms with Gasteiger partial charge in [0.05, 0.1) is 17.5 Å². The van der Waals surface area contributed by atoms with Crippen LogP contribution in [0.5, 0.6) is 5.75 Å². The Balaban J connectivity index is 1.73. The molecule has 0 aromatic heterocycles. The van der Waals surface area contributed by atoms with E-state index in [2.05, 4.69) is 15.5 Å². The van der Waals surface area contributed by atoms with Crippen molar-refractivity contribution < 1.29 is 14.3 Å². The van der Waals surface area contributed by atoms with Crippen LogP contribution in [0.4, 0.5) is 10.5 Å². The summed E-state index contributed by atoms with van der Waals surface area (Å²) in [7, 11) is 0. The molecule has 1 saturated heterocycles. The van der Waals surface area contributed by atoms with E-state index >= 15 is 0 Å². The molecule has 1 aromatic rings. The number of hydrogen-bond donors (Lipinski definition) is 3. The number of urea groups is 1. The summed E-state index contributed by atoms with van der Waals surface area (Å²) >= 11 is 6.15. The molecule has 1 aliphatic rings. The van der Waals surface area contributed by atoms with Crippen LogP contribution in [0.3, 0.4) is 0 Å². The molecule has 1 heterocycles. The van der Waals surface area contributed by atoms with Crippen molar-refractivity contribution in [1.29, 1.82) is 0 Å². The number of piperidine rings is 1. The number of nitrogens with one attached hydrogen (secondary N) is 2. The van der Waals surface area contributed by atoms with Crippen molar-refractivity contribution in [2.45, 2.75) is 26.2 Å². The number of benzene rings is 1. The molecule has 1 fully saturated rings. The third kappa shape index (κ3) is 6.38. The van der Waals surface area contributed by atoms with E-state index in [1.54, 1.807) is 18.2 Å². The maximum Gasteiger partial charge on any atom is 0.319 e. The molecule has 3 amide bonds. The van der Waals surface area contributed by atoms with E-state index in [0.717, 1.165) is 25.8 Å². The predicted octanol–water partition coefficient (Wildman–Crippen LogP) is 2.45. The van der Waals surface area contributed by atoms with Crippen LogP contribution in [-0.2, 0) is 4.79 Å². The minimum absolute atomic E-state index is 0.0897. The molecule has 0 saturated carbocycles. The average Bonchev–Trinajstić information content (AvgIpc) is 2.61. The van der Waals surface area contributed by atoms with Crippen LogP contribution >= 0.6 is 11.6 Å². The fraction of sp³-hybridized carbons (Fsp3) is 0.556. The number of anilines is 1. The van der Waals surface area contributed by atoms with Crippen molar-refractivity contribution in [1.82, 2.24) is 10.2 Å². The van der Waals surface area contributed by atoms with Gasteiger partial charge in [-0.25, -0.2) is 4.79 Å². The smallest absolute Gasteiger partial charge is 0.319 e. The van der Waals surface area contributed by atoms with E-state index in [1.165, 1.54) is 0 Å². The van der Waals surface area contributed by atoms with Crippen LogP contribution in [0.1, 0.15) is 26.2 Å². The first-order valence-electron chi connectivity index (χ1n) is 8.98. The first-order valence-corrected chi connectivity index (χ1v) is 9.36. The lowest BCUT2D eigenvalue weighted by atomic mass is 9.97. The summed E-state index contributed by atoms with van der Waals surface area (Å²) < 4.78 is 5.50. The van der Waals surface area contributed by atoms with E-state index in [-0.39, 0.29) is 17.9 Å². The first kappa shape index (κ1) is 20.3. The van der Waals surface area contributed by atoms with E-state index in [1.807, 2.05) is 6.92 Å². The van der Waals surface area contributed by atoms with Crippen LogP contribution in [-0.4, -0.2) is 49.6 Å². The number of carbonyl (C=O) groups is 2. The molecule has 1 aromatic carbocycles. The molecule has 0 radical (unpaired) electrons. The van der Waals surface area contributed by atoms with E-state index in [9.17, 15) is 9.59 Å². The number of likely N-dealkylation sites (tertiary alicyclic amines) is 1. The van der Waals surface area contributed by atoms with Crippen molar-refractivity contribution >= 4 is 29.2 Å². The summed E-state index contributed by atoms with van der Waals surface area (Å²) in [5, 5.41) is 6.02. The second-order valence-electron chi connectivity index (χ2n) is 6.42.